The molecule has 0 aliphatic rings. The minimum atomic E-state index is 0.156. The summed E-state index contributed by atoms with van der Waals surface area (Å²) in [6.45, 7) is 8.48. The molecule has 0 aliphatic carbocycles. The predicted molar refractivity (Wildman–Crippen MR) is 116 cm³/mol. The molecule has 0 amide bonds. The summed E-state index contributed by atoms with van der Waals surface area (Å²) in [4.78, 5) is 0. The SMILES string of the molecule is CC(C)(C)c1ccc(OCCNc2ccccc2OCc2ccccc2)cc1. The van der Waals surface area contributed by atoms with Crippen LogP contribution in [-0.4, -0.2) is 13.2 Å². The minimum absolute atomic E-state index is 0.156. The molecule has 3 rings (SSSR count). The number of ether oxygens (including phenoxy) is 2. The summed E-state index contributed by atoms with van der Waals surface area (Å²) in [5, 5.41) is 3.41. The average Bonchev–Trinajstić information content (AvgIpc) is 2.71. The van der Waals surface area contributed by atoms with Gasteiger partial charge in [0, 0.05) is 6.54 Å². The fourth-order valence-electron chi connectivity index (χ4n) is 2.88. The van der Waals surface area contributed by atoms with Crippen LogP contribution >= 0.6 is 0 Å². The molecule has 28 heavy (non-hydrogen) atoms. The zero-order valence-corrected chi connectivity index (χ0v) is 16.9. The van der Waals surface area contributed by atoms with Gasteiger partial charge >= 0.3 is 0 Å². The number of hydrogen-bond acceptors (Lipinski definition) is 3. The first kappa shape index (κ1) is 19.8. The van der Waals surface area contributed by atoms with Crippen molar-refractivity contribution in [2.24, 2.45) is 0 Å². The van der Waals surface area contributed by atoms with Crippen molar-refractivity contribution in [3.63, 3.8) is 0 Å². The maximum Gasteiger partial charge on any atom is 0.142 e. The van der Waals surface area contributed by atoms with Crippen molar-refractivity contribution in [1.29, 1.82) is 0 Å². The number of nitrogens with one attached hydrogen (secondary N) is 1. The van der Waals surface area contributed by atoms with Gasteiger partial charge in [0.25, 0.3) is 0 Å². The zero-order valence-electron chi connectivity index (χ0n) is 16.9. The maximum atomic E-state index is 5.98. The second-order valence-electron chi connectivity index (χ2n) is 7.82. The molecule has 0 fully saturated rings. The monoisotopic (exact) mass is 375 g/mol. The van der Waals surface area contributed by atoms with Gasteiger partial charge in [0.05, 0.1) is 5.69 Å². The van der Waals surface area contributed by atoms with Crippen molar-refractivity contribution >= 4 is 5.69 Å². The van der Waals surface area contributed by atoms with Crippen LogP contribution in [0.5, 0.6) is 11.5 Å². The molecule has 0 aromatic heterocycles. The summed E-state index contributed by atoms with van der Waals surface area (Å²) in [6, 6.07) is 26.5. The normalized spacial score (nSPS) is 11.1. The third-order valence-corrected chi connectivity index (χ3v) is 4.53. The van der Waals surface area contributed by atoms with Gasteiger partial charge in [-0.25, -0.2) is 0 Å². The third-order valence-electron chi connectivity index (χ3n) is 4.53. The highest BCUT2D eigenvalue weighted by molar-refractivity contribution is 5.56. The first-order valence-corrected chi connectivity index (χ1v) is 9.75. The molecule has 0 saturated carbocycles. The molecule has 3 nitrogen and oxygen atoms in total. The molecule has 0 saturated heterocycles. The van der Waals surface area contributed by atoms with Crippen molar-refractivity contribution in [3.05, 3.63) is 90.0 Å². The molecular weight excluding hydrogens is 346 g/mol. The highest BCUT2D eigenvalue weighted by Crippen LogP contribution is 2.25. The van der Waals surface area contributed by atoms with Crippen molar-refractivity contribution in [1.82, 2.24) is 0 Å². The van der Waals surface area contributed by atoms with E-state index >= 15 is 0 Å². The molecule has 3 aromatic carbocycles. The first-order valence-electron chi connectivity index (χ1n) is 9.75. The lowest BCUT2D eigenvalue weighted by molar-refractivity contribution is 0.306. The number of para-hydroxylation sites is 2. The van der Waals surface area contributed by atoms with Gasteiger partial charge in [0.15, 0.2) is 0 Å². The van der Waals surface area contributed by atoms with Gasteiger partial charge in [-0.3, -0.25) is 0 Å². The fourth-order valence-corrected chi connectivity index (χ4v) is 2.88. The maximum absolute atomic E-state index is 5.98. The standard InChI is InChI=1S/C25H29NO2/c1-25(2,3)21-13-15-22(16-14-21)27-18-17-26-23-11-7-8-12-24(23)28-19-20-9-5-4-6-10-20/h4-16,26H,17-19H2,1-3H3. The van der Waals surface area contributed by atoms with Crippen LogP contribution in [0.2, 0.25) is 0 Å². The van der Waals surface area contributed by atoms with E-state index in [0.717, 1.165) is 22.7 Å². The number of rotatable bonds is 8. The van der Waals surface area contributed by atoms with Crippen LogP contribution < -0.4 is 14.8 Å². The van der Waals surface area contributed by atoms with Crippen LogP contribution in [-0.2, 0) is 12.0 Å². The van der Waals surface area contributed by atoms with E-state index in [-0.39, 0.29) is 5.41 Å². The topological polar surface area (TPSA) is 30.5 Å². The third kappa shape index (κ3) is 5.78. The molecule has 0 unspecified atom stereocenters. The number of hydrogen-bond donors (Lipinski definition) is 1. The van der Waals surface area contributed by atoms with Crippen LogP contribution in [0.25, 0.3) is 0 Å². The highest BCUT2D eigenvalue weighted by Gasteiger charge is 2.12. The van der Waals surface area contributed by atoms with Gasteiger partial charge in [-0.2, -0.15) is 0 Å². The summed E-state index contributed by atoms with van der Waals surface area (Å²) < 4.78 is 11.8. The van der Waals surface area contributed by atoms with E-state index in [2.05, 4.69) is 50.4 Å². The zero-order chi connectivity index (χ0) is 19.8. The Morgan fingerprint density at radius 1 is 0.750 bits per heavy atom. The van der Waals surface area contributed by atoms with Gasteiger partial charge in [0.2, 0.25) is 0 Å². The Morgan fingerprint density at radius 2 is 1.43 bits per heavy atom. The Bertz CT molecular complexity index is 852. The molecule has 0 spiro atoms. The van der Waals surface area contributed by atoms with Crippen LogP contribution in [0.15, 0.2) is 78.9 Å². The second-order valence-corrected chi connectivity index (χ2v) is 7.82. The van der Waals surface area contributed by atoms with E-state index in [9.17, 15) is 0 Å². The number of benzene rings is 3. The summed E-state index contributed by atoms with van der Waals surface area (Å²) in [5.41, 5.74) is 3.59. The molecular formula is C25H29NO2. The van der Waals surface area contributed by atoms with E-state index in [1.807, 2.05) is 54.6 Å². The average molecular weight is 376 g/mol. The molecule has 146 valence electrons. The Balaban J connectivity index is 1.48. The van der Waals surface area contributed by atoms with E-state index in [4.69, 9.17) is 9.47 Å². The molecule has 0 atom stereocenters. The van der Waals surface area contributed by atoms with Gasteiger partial charge in [-0.1, -0.05) is 75.4 Å². The van der Waals surface area contributed by atoms with E-state index < -0.39 is 0 Å². The quantitative estimate of drug-likeness (QED) is 0.486. The largest absolute Gasteiger partial charge is 0.492 e. The second kappa shape index (κ2) is 9.32. The molecule has 3 aromatic rings. The molecule has 0 bridgehead atoms. The fraction of sp³-hybridized carbons (Fsp3) is 0.280. The lowest BCUT2D eigenvalue weighted by Gasteiger charge is -2.19. The minimum Gasteiger partial charge on any atom is -0.492 e. The van der Waals surface area contributed by atoms with Crippen molar-refractivity contribution in [2.45, 2.75) is 32.8 Å². The molecule has 0 aliphatic heterocycles. The van der Waals surface area contributed by atoms with Gasteiger partial charge in [0.1, 0.15) is 24.7 Å². The van der Waals surface area contributed by atoms with Gasteiger partial charge < -0.3 is 14.8 Å². The van der Waals surface area contributed by atoms with E-state index in [0.29, 0.717) is 19.8 Å². The molecule has 1 N–H and O–H groups in total. The Labute approximate surface area is 168 Å². The van der Waals surface area contributed by atoms with Crippen molar-refractivity contribution < 1.29 is 9.47 Å². The summed E-state index contributed by atoms with van der Waals surface area (Å²) in [7, 11) is 0. The molecule has 0 heterocycles. The Morgan fingerprint density at radius 3 is 2.14 bits per heavy atom. The lowest BCUT2D eigenvalue weighted by Crippen LogP contribution is -2.13. The smallest absolute Gasteiger partial charge is 0.142 e. The van der Waals surface area contributed by atoms with Crippen molar-refractivity contribution in [2.75, 3.05) is 18.5 Å². The Hall–Kier alpha value is -2.94. The highest BCUT2D eigenvalue weighted by atomic mass is 16.5. The summed E-state index contributed by atoms with van der Waals surface area (Å²) in [6.07, 6.45) is 0. The first-order chi connectivity index (χ1) is 13.5. The van der Waals surface area contributed by atoms with Crippen LogP contribution in [0.3, 0.4) is 0 Å². The van der Waals surface area contributed by atoms with E-state index in [1.165, 1.54) is 5.56 Å². The summed E-state index contributed by atoms with van der Waals surface area (Å²) in [5.74, 6) is 1.74. The van der Waals surface area contributed by atoms with Crippen LogP contribution in [0.1, 0.15) is 31.9 Å². The number of anilines is 1. The summed E-state index contributed by atoms with van der Waals surface area (Å²) >= 11 is 0. The van der Waals surface area contributed by atoms with E-state index in [1.54, 1.807) is 0 Å². The van der Waals surface area contributed by atoms with Gasteiger partial charge in [-0.05, 0) is 40.8 Å². The Kier molecular flexibility index (Phi) is 6.59. The van der Waals surface area contributed by atoms with Crippen LogP contribution in [0, 0.1) is 0 Å². The molecule has 3 heteroatoms. The predicted octanol–water partition coefficient (Wildman–Crippen LogP) is 6.05. The van der Waals surface area contributed by atoms with Crippen LogP contribution in [0.4, 0.5) is 5.69 Å². The molecule has 0 radical (unpaired) electrons. The van der Waals surface area contributed by atoms with Crippen molar-refractivity contribution in [3.8, 4) is 11.5 Å². The van der Waals surface area contributed by atoms with Gasteiger partial charge in [-0.15, -0.1) is 0 Å². The lowest BCUT2D eigenvalue weighted by atomic mass is 9.87.